The summed E-state index contributed by atoms with van der Waals surface area (Å²) in [5.74, 6) is 0.154. The second-order valence-corrected chi connectivity index (χ2v) is 4.35. The molecular weight excluding hydrogens is 260 g/mol. The average Bonchev–Trinajstić information content (AvgIpc) is 2.67. The predicted molar refractivity (Wildman–Crippen MR) is 60.0 cm³/mol. The monoisotopic (exact) mass is 272 g/mol. The van der Waals surface area contributed by atoms with Gasteiger partial charge in [0.25, 0.3) is 0 Å². The van der Waals surface area contributed by atoms with Gasteiger partial charge in [0.2, 0.25) is 0 Å². The molecule has 2 rings (SSSR count). The van der Waals surface area contributed by atoms with Crippen molar-refractivity contribution in [2.45, 2.75) is 12.7 Å². The Morgan fingerprint density at radius 1 is 1.33 bits per heavy atom. The first-order valence-electron chi connectivity index (χ1n) is 4.77. The Morgan fingerprint density at radius 2 is 2.00 bits per heavy atom. The lowest BCUT2D eigenvalue weighted by atomic mass is 10.1. The van der Waals surface area contributed by atoms with Crippen LogP contribution in [0.1, 0.15) is 12.5 Å². The van der Waals surface area contributed by atoms with Gasteiger partial charge in [-0.1, -0.05) is 6.07 Å². The number of benzene rings is 1. The van der Waals surface area contributed by atoms with Crippen molar-refractivity contribution < 1.29 is 14.2 Å². The molecule has 1 saturated heterocycles. The van der Waals surface area contributed by atoms with E-state index in [-0.39, 0.29) is 0 Å². The summed E-state index contributed by atoms with van der Waals surface area (Å²) in [6.07, 6.45) is 0. The molecule has 1 aliphatic rings. The number of methoxy groups -OCH3 is 1. The predicted octanol–water partition coefficient (Wildman–Crippen LogP) is 2.68. The van der Waals surface area contributed by atoms with E-state index in [2.05, 4.69) is 15.9 Å². The third-order valence-corrected chi connectivity index (χ3v) is 3.17. The molecule has 0 aliphatic carbocycles. The molecule has 0 bridgehead atoms. The van der Waals surface area contributed by atoms with E-state index in [0.29, 0.717) is 13.2 Å². The van der Waals surface area contributed by atoms with E-state index in [1.807, 2.05) is 25.1 Å². The zero-order chi connectivity index (χ0) is 10.9. The Bertz CT molecular complexity index is 359. The third-order valence-electron chi connectivity index (χ3n) is 2.51. The number of ether oxygens (including phenoxy) is 3. The van der Waals surface area contributed by atoms with E-state index in [1.165, 1.54) is 0 Å². The maximum Gasteiger partial charge on any atom is 0.192 e. The topological polar surface area (TPSA) is 27.7 Å². The van der Waals surface area contributed by atoms with Crippen LogP contribution in [0.4, 0.5) is 0 Å². The van der Waals surface area contributed by atoms with Crippen LogP contribution in [0.25, 0.3) is 0 Å². The molecule has 0 aromatic heterocycles. The molecule has 0 radical (unpaired) electrons. The van der Waals surface area contributed by atoms with Crippen LogP contribution in [0.5, 0.6) is 5.75 Å². The number of hydrogen-bond donors (Lipinski definition) is 0. The molecule has 0 saturated carbocycles. The molecule has 1 aromatic rings. The lowest BCUT2D eigenvalue weighted by molar-refractivity contribution is -0.149. The average molecular weight is 273 g/mol. The molecule has 3 nitrogen and oxygen atoms in total. The van der Waals surface area contributed by atoms with Crippen molar-refractivity contribution in [2.75, 3.05) is 20.3 Å². The normalized spacial score (nSPS) is 19.1. The van der Waals surface area contributed by atoms with Crippen LogP contribution >= 0.6 is 15.9 Å². The maximum absolute atomic E-state index is 5.57. The van der Waals surface area contributed by atoms with Gasteiger partial charge < -0.3 is 14.2 Å². The van der Waals surface area contributed by atoms with Gasteiger partial charge >= 0.3 is 0 Å². The first-order chi connectivity index (χ1) is 7.15. The molecule has 0 amide bonds. The van der Waals surface area contributed by atoms with Gasteiger partial charge in [0.1, 0.15) is 5.75 Å². The van der Waals surface area contributed by atoms with Crippen molar-refractivity contribution >= 4 is 15.9 Å². The SMILES string of the molecule is COc1cc(C2(C)OCCO2)ccc1Br. The Morgan fingerprint density at radius 3 is 2.60 bits per heavy atom. The summed E-state index contributed by atoms with van der Waals surface area (Å²) >= 11 is 3.41. The second kappa shape index (κ2) is 4.12. The Balaban J connectivity index is 2.36. The van der Waals surface area contributed by atoms with Gasteiger partial charge in [-0.15, -0.1) is 0 Å². The summed E-state index contributed by atoms with van der Waals surface area (Å²) in [5.41, 5.74) is 0.972. The number of hydrogen-bond acceptors (Lipinski definition) is 3. The molecule has 82 valence electrons. The van der Waals surface area contributed by atoms with Crippen LogP contribution in [0.15, 0.2) is 22.7 Å². The van der Waals surface area contributed by atoms with E-state index in [1.54, 1.807) is 7.11 Å². The minimum absolute atomic E-state index is 0.631. The van der Waals surface area contributed by atoms with Gasteiger partial charge in [0, 0.05) is 5.56 Å². The van der Waals surface area contributed by atoms with Crippen LogP contribution in [0.2, 0.25) is 0 Å². The van der Waals surface area contributed by atoms with Crippen molar-refractivity contribution in [3.05, 3.63) is 28.2 Å². The van der Waals surface area contributed by atoms with E-state index >= 15 is 0 Å². The maximum atomic E-state index is 5.57. The number of rotatable bonds is 2. The first-order valence-corrected chi connectivity index (χ1v) is 5.57. The summed E-state index contributed by atoms with van der Waals surface area (Å²) in [6, 6.07) is 5.83. The van der Waals surface area contributed by atoms with Crippen molar-refractivity contribution in [3.8, 4) is 5.75 Å². The number of halogens is 1. The van der Waals surface area contributed by atoms with Gasteiger partial charge in [0.05, 0.1) is 24.8 Å². The van der Waals surface area contributed by atoms with Crippen LogP contribution < -0.4 is 4.74 Å². The molecule has 1 heterocycles. The molecule has 1 aromatic carbocycles. The van der Waals surface area contributed by atoms with Crippen LogP contribution in [0.3, 0.4) is 0 Å². The molecule has 4 heteroatoms. The molecule has 0 N–H and O–H groups in total. The smallest absolute Gasteiger partial charge is 0.192 e. The zero-order valence-electron chi connectivity index (χ0n) is 8.75. The highest BCUT2D eigenvalue weighted by Crippen LogP contribution is 2.35. The largest absolute Gasteiger partial charge is 0.496 e. The molecule has 1 aliphatic heterocycles. The fourth-order valence-electron chi connectivity index (χ4n) is 1.62. The summed E-state index contributed by atoms with van der Waals surface area (Å²) in [6.45, 7) is 3.19. The Hall–Kier alpha value is -0.580. The Labute approximate surface area is 97.5 Å². The highest BCUT2D eigenvalue weighted by molar-refractivity contribution is 9.10. The third kappa shape index (κ3) is 2.02. The van der Waals surface area contributed by atoms with E-state index < -0.39 is 5.79 Å². The molecule has 0 unspecified atom stereocenters. The van der Waals surface area contributed by atoms with Gasteiger partial charge in [-0.3, -0.25) is 0 Å². The van der Waals surface area contributed by atoms with Crippen LogP contribution in [-0.4, -0.2) is 20.3 Å². The van der Waals surface area contributed by atoms with Gasteiger partial charge in [-0.2, -0.15) is 0 Å². The fraction of sp³-hybridized carbons (Fsp3) is 0.455. The van der Waals surface area contributed by atoms with E-state index in [0.717, 1.165) is 15.8 Å². The summed E-state index contributed by atoms with van der Waals surface area (Å²) in [5, 5.41) is 0. The Kier molecular flexibility index (Phi) is 3.00. The zero-order valence-corrected chi connectivity index (χ0v) is 10.3. The van der Waals surface area contributed by atoms with Crippen molar-refractivity contribution in [3.63, 3.8) is 0 Å². The molecule has 15 heavy (non-hydrogen) atoms. The van der Waals surface area contributed by atoms with Crippen LogP contribution in [0, 0.1) is 0 Å². The van der Waals surface area contributed by atoms with Gasteiger partial charge in [-0.25, -0.2) is 0 Å². The minimum Gasteiger partial charge on any atom is -0.496 e. The summed E-state index contributed by atoms with van der Waals surface area (Å²) < 4.78 is 17.3. The van der Waals surface area contributed by atoms with Crippen LogP contribution in [-0.2, 0) is 15.3 Å². The van der Waals surface area contributed by atoms with Gasteiger partial charge in [0.15, 0.2) is 5.79 Å². The summed E-state index contributed by atoms with van der Waals surface area (Å²) in [7, 11) is 1.64. The minimum atomic E-state index is -0.631. The standard InChI is InChI=1S/C11H13BrO3/c1-11(14-5-6-15-11)8-3-4-9(12)10(7-8)13-2/h3-4,7H,5-6H2,1-2H3. The highest BCUT2D eigenvalue weighted by Gasteiger charge is 2.33. The van der Waals surface area contributed by atoms with Crippen molar-refractivity contribution in [1.82, 2.24) is 0 Å². The second-order valence-electron chi connectivity index (χ2n) is 3.49. The molecular formula is C11H13BrO3. The van der Waals surface area contributed by atoms with Crippen molar-refractivity contribution in [1.29, 1.82) is 0 Å². The fourth-order valence-corrected chi connectivity index (χ4v) is 2.03. The highest BCUT2D eigenvalue weighted by atomic mass is 79.9. The summed E-state index contributed by atoms with van der Waals surface area (Å²) in [4.78, 5) is 0. The van der Waals surface area contributed by atoms with Crippen molar-refractivity contribution in [2.24, 2.45) is 0 Å². The lowest BCUT2D eigenvalue weighted by Crippen LogP contribution is -2.22. The molecule has 1 fully saturated rings. The molecule has 0 spiro atoms. The van der Waals surface area contributed by atoms with E-state index in [4.69, 9.17) is 14.2 Å². The lowest BCUT2D eigenvalue weighted by Gasteiger charge is -2.23. The first kappa shape index (κ1) is 10.9. The molecule has 0 atom stereocenters. The quantitative estimate of drug-likeness (QED) is 0.829. The van der Waals surface area contributed by atoms with Gasteiger partial charge in [-0.05, 0) is 35.0 Å². The van der Waals surface area contributed by atoms with E-state index in [9.17, 15) is 0 Å².